The molecule has 3 aromatic rings. The van der Waals surface area contributed by atoms with Gasteiger partial charge in [0.25, 0.3) is 5.91 Å². The Kier molecular flexibility index (Phi) is 5.02. The number of thiophene rings is 1. The van der Waals surface area contributed by atoms with Crippen LogP contribution in [0.25, 0.3) is 20.5 Å². The summed E-state index contributed by atoms with van der Waals surface area (Å²) in [6.45, 7) is 0. The molecule has 1 saturated heterocycles. The lowest BCUT2D eigenvalue weighted by atomic mass is 10.1. The number of fused-ring (bicyclic) bond motifs is 1. The lowest BCUT2D eigenvalue weighted by Gasteiger charge is -2.12. The van der Waals surface area contributed by atoms with Crippen LogP contribution in [0.2, 0.25) is 5.02 Å². The number of nitrogens with one attached hydrogen (secondary N) is 2. The normalized spacial score (nSPS) is 16.8. The quantitative estimate of drug-likeness (QED) is 0.679. The van der Waals surface area contributed by atoms with Crippen LogP contribution >= 0.6 is 34.7 Å². The Morgan fingerprint density at radius 1 is 1.27 bits per heavy atom. The van der Waals surface area contributed by atoms with Gasteiger partial charge < -0.3 is 10.6 Å². The van der Waals surface area contributed by atoms with Crippen molar-refractivity contribution in [1.29, 1.82) is 0 Å². The van der Waals surface area contributed by atoms with Crippen LogP contribution in [0.5, 0.6) is 0 Å². The number of halogens is 1. The molecule has 4 rings (SSSR count). The van der Waals surface area contributed by atoms with Crippen molar-refractivity contribution in [2.45, 2.75) is 12.5 Å². The Balaban J connectivity index is 1.82. The number of rotatable bonds is 4. The molecule has 0 spiro atoms. The van der Waals surface area contributed by atoms with Gasteiger partial charge in [-0.05, 0) is 35.9 Å². The van der Waals surface area contributed by atoms with E-state index in [9.17, 15) is 4.79 Å². The molecule has 1 aliphatic heterocycles. The van der Waals surface area contributed by atoms with Crippen molar-refractivity contribution < 1.29 is 4.79 Å². The van der Waals surface area contributed by atoms with Gasteiger partial charge in [-0.15, -0.1) is 21.5 Å². The van der Waals surface area contributed by atoms with E-state index >= 15 is 0 Å². The summed E-state index contributed by atoms with van der Waals surface area (Å²) in [5.74, 6) is 2.74. The van der Waals surface area contributed by atoms with E-state index in [-0.39, 0.29) is 5.91 Å². The highest BCUT2D eigenvalue weighted by atomic mass is 35.5. The number of thioether (sulfide) groups is 1. The maximum atomic E-state index is 12.2. The molecule has 1 fully saturated rings. The van der Waals surface area contributed by atoms with E-state index < -0.39 is 0 Å². The standard InChI is InChI=1S/C18H17ClN4OS2/c1-20-18(24)15-16-13(17(23-22-15)21-12-6-7-25-9-12)8-14(26-16)10-2-4-11(19)5-3-10/h2-5,8,12H,6-7,9H2,1H3,(H,20,24)(H,21,23). The molecule has 1 aromatic carbocycles. The Bertz CT molecular complexity index is 952. The predicted molar refractivity (Wildman–Crippen MR) is 111 cm³/mol. The Hall–Kier alpha value is -1.83. The molecule has 5 nitrogen and oxygen atoms in total. The topological polar surface area (TPSA) is 66.9 Å². The summed E-state index contributed by atoms with van der Waals surface area (Å²) >= 11 is 9.49. The highest BCUT2D eigenvalue weighted by molar-refractivity contribution is 7.99. The number of aromatic nitrogens is 2. The van der Waals surface area contributed by atoms with Crippen molar-refractivity contribution in [3.05, 3.63) is 41.0 Å². The zero-order valence-electron chi connectivity index (χ0n) is 14.1. The largest absolute Gasteiger partial charge is 0.364 e. The van der Waals surface area contributed by atoms with E-state index in [1.54, 1.807) is 18.4 Å². The average molecular weight is 405 g/mol. The monoisotopic (exact) mass is 404 g/mol. The number of hydrogen-bond acceptors (Lipinski definition) is 6. The number of carbonyl (C=O) groups excluding carboxylic acids is 1. The van der Waals surface area contributed by atoms with Gasteiger partial charge in [-0.3, -0.25) is 4.79 Å². The van der Waals surface area contributed by atoms with Gasteiger partial charge in [0.2, 0.25) is 0 Å². The second-order valence-corrected chi connectivity index (χ2v) is 8.68. The van der Waals surface area contributed by atoms with Gasteiger partial charge in [0.15, 0.2) is 11.5 Å². The zero-order valence-corrected chi connectivity index (χ0v) is 16.5. The fraction of sp³-hybridized carbons (Fsp3) is 0.278. The lowest BCUT2D eigenvalue weighted by Crippen LogP contribution is -2.22. The lowest BCUT2D eigenvalue weighted by molar-refractivity contribution is 0.0959. The number of benzene rings is 1. The maximum absolute atomic E-state index is 12.2. The summed E-state index contributed by atoms with van der Waals surface area (Å²) in [7, 11) is 1.60. The molecule has 1 amide bonds. The first kappa shape index (κ1) is 17.6. The van der Waals surface area contributed by atoms with Gasteiger partial charge in [0.1, 0.15) is 0 Å². The molecule has 0 aliphatic carbocycles. The van der Waals surface area contributed by atoms with Gasteiger partial charge in [-0.25, -0.2) is 0 Å². The van der Waals surface area contributed by atoms with Crippen LogP contribution in [-0.2, 0) is 0 Å². The Morgan fingerprint density at radius 2 is 2.08 bits per heavy atom. The molecule has 2 N–H and O–H groups in total. The van der Waals surface area contributed by atoms with E-state index in [4.69, 9.17) is 11.6 Å². The van der Waals surface area contributed by atoms with Crippen molar-refractivity contribution in [2.24, 2.45) is 0 Å². The highest BCUT2D eigenvalue weighted by Gasteiger charge is 2.21. The zero-order chi connectivity index (χ0) is 18.1. The fourth-order valence-electron chi connectivity index (χ4n) is 2.91. The number of amides is 1. The van der Waals surface area contributed by atoms with Gasteiger partial charge >= 0.3 is 0 Å². The van der Waals surface area contributed by atoms with Crippen LogP contribution in [0.15, 0.2) is 30.3 Å². The van der Waals surface area contributed by atoms with Gasteiger partial charge in [-0.1, -0.05) is 23.7 Å². The first-order chi connectivity index (χ1) is 12.7. The Labute approximate surface area is 164 Å². The minimum absolute atomic E-state index is 0.227. The molecule has 8 heteroatoms. The minimum atomic E-state index is -0.227. The SMILES string of the molecule is CNC(=O)c1nnc(NC2CCSC2)c2cc(-c3ccc(Cl)cc3)sc12. The molecule has 0 saturated carbocycles. The van der Waals surface area contributed by atoms with Crippen LogP contribution < -0.4 is 10.6 Å². The molecule has 3 heterocycles. The number of anilines is 1. The molecule has 1 aliphatic rings. The van der Waals surface area contributed by atoms with Gasteiger partial charge in [-0.2, -0.15) is 11.8 Å². The Morgan fingerprint density at radius 3 is 2.77 bits per heavy atom. The summed E-state index contributed by atoms with van der Waals surface area (Å²) in [6.07, 6.45) is 1.11. The van der Waals surface area contributed by atoms with E-state index in [0.29, 0.717) is 16.8 Å². The predicted octanol–water partition coefficient (Wildman–Crippen LogP) is 4.29. The van der Waals surface area contributed by atoms with Crippen molar-refractivity contribution in [1.82, 2.24) is 15.5 Å². The molecule has 26 heavy (non-hydrogen) atoms. The van der Waals surface area contributed by atoms with Crippen molar-refractivity contribution in [3.8, 4) is 10.4 Å². The number of hydrogen-bond donors (Lipinski definition) is 2. The third-order valence-corrected chi connectivity index (χ3v) is 6.90. The summed E-state index contributed by atoms with van der Waals surface area (Å²) < 4.78 is 0.845. The van der Waals surface area contributed by atoms with Crippen LogP contribution in [0, 0.1) is 0 Å². The molecule has 0 bridgehead atoms. The summed E-state index contributed by atoms with van der Waals surface area (Å²) in [5, 5.41) is 16.3. The van der Waals surface area contributed by atoms with E-state index in [0.717, 1.165) is 44.3 Å². The molecular weight excluding hydrogens is 388 g/mol. The third-order valence-electron chi connectivity index (χ3n) is 4.29. The van der Waals surface area contributed by atoms with Crippen molar-refractivity contribution in [3.63, 3.8) is 0 Å². The minimum Gasteiger partial charge on any atom is -0.364 e. The average Bonchev–Trinajstić information content (AvgIpc) is 3.32. The van der Waals surface area contributed by atoms with Gasteiger partial charge in [0, 0.05) is 34.1 Å². The number of carbonyl (C=O) groups is 1. The first-order valence-corrected chi connectivity index (χ1v) is 10.6. The van der Waals surface area contributed by atoms with Crippen molar-refractivity contribution in [2.75, 3.05) is 23.9 Å². The maximum Gasteiger partial charge on any atom is 0.273 e. The van der Waals surface area contributed by atoms with Gasteiger partial charge in [0.05, 0.1) is 4.70 Å². The first-order valence-electron chi connectivity index (χ1n) is 8.28. The second-order valence-electron chi connectivity index (χ2n) is 6.04. The summed E-state index contributed by atoms with van der Waals surface area (Å²) in [4.78, 5) is 13.3. The van der Waals surface area contributed by atoms with Crippen molar-refractivity contribution >= 4 is 56.5 Å². The number of nitrogens with zero attached hydrogens (tertiary/aromatic N) is 2. The van der Waals surface area contributed by atoms with E-state index in [1.807, 2.05) is 36.0 Å². The second kappa shape index (κ2) is 7.42. The third kappa shape index (κ3) is 3.39. The van der Waals surface area contributed by atoms with E-state index in [2.05, 4.69) is 26.9 Å². The summed E-state index contributed by atoms with van der Waals surface area (Å²) in [6, 6.07) is 10.2. The summed E-state index contributed by atoms with van der Waals surface area (Å²) in [5.41, 5.74) is 1.42. The van der Waals surface area contributed by atoms with Crippen LogP contribution in [0.3, 0.4) is 0 Å². The molecule has 1 unspecified atom stereocenters. The smallest absolute Gasteiger partial charge is 0.273 e. The van der Waals surface area contributed by atoms with E-state index in [1.165, 1.54) is 0 Å². The molecular formula is C18H17ClN4OS2. The molecule has 134 valence electrons. The van der Waals surface area contributed by atoms with Crippen LogP contribution in [0.1, 0.15) is 16.9 Å². The highest BCUT2D eigenvalue weighted by Crippen LogP contribution is 2.38. The van der Waals surface area contributed by atoms with Crippen LogP contribution in [0.4, 0.5) is 5.82 Å². The molecule has 1 atom stereocenters. The fourth-order valence-corrected chi connectivity index (χ4v) is 5.34. The molecule has 2 aromatic heterocycles. The van der Waals surface area contributed by atoms with Crippen LogP contribution in [-0.4, -0.2) is 40.7 Å². The molecule has 0 radical (unpaired) electrons.